The number of piperidine rings is 1. The molecule has 1 aliphatic heterocycles. The van der Waals surface area contributed by atoms with Crippen LogP contribution in [-0.2, 0) is 0 Å². The smallest absolute Gasteiger partial charge is 0.315 e. The highest BCUT2D eigenvalue weighted by Gasteiger charge is 2.16. The number of hydrogen-bond acceptors (Lipinski definition) is 3. The molecular formula is C19H31N3O2. The van der Waals surface area contributed by atoms with Crippen LogP contribution >= 0.6 is 0 Å². The fourth-order valence-electron chi connectivity index (χ4n) is 3.33. The largest absolute Gasteiger partial charge is 0.396 e. The Morgan fingerprint density at radius 1 is 1.21 bits per heavy atom. The number of rotatable bonds is 8. The quantitative estimate of drug-likeness (QED) is 0.684. The van der Waals surface area contributed by atoms with Crippen molar-refractivity contribution in [3.8, 4) is 0 Å². The molecule has 0 bridgehead atoms. The van der Waals surface area contributed by atoms with E-state index in [2.05, 4.69) is 22.5 Å². The lowest BCUT2D eigenvalue weighted by molar-refractivity contribution is 0.202. The first-order valence-corrected chi connectivity index (χ1v) is 9.11. The Hall–Kier alpha value is -1.59. The van der Waals surface area contributed by atoms with Gasteiger partial charge < -0.3 is 20.6 Å². The van der Waals surface area contributed by atoms with Crippen molar-refractivity contribution in [1.82, 2.24) is 15.5 Å². The Bertz CT molecular complexity index is 475. The van der Waals surface area contributed by atoms with Gasteiger partial charge in [-0.3, -0.25) is 0 Å². The summed E-state index contributed by atoms with van der Waals surface area (Å²) < 4.78 is 0. The van der Waals surface area contributed by atoms with Crippen LogP contribution in [0.3, 0.4) is 0 Å². The van der Waals surface area contributed by atoms with Crippen LogP contribution < -0.4 is 10.6 Å². The Labute approximate surface area is 145 Å². The van der Waals surface area contributed by atoms with E-state index < -0.39 is 0 Å². The number of benzene rings is 1. The average Bonchev–Trinajstić information content (AvgIpc) is 2.60. The molecule has 24 heavy (non-hydrogen) atoms. The van der Waals surface area contributed by atoms with Gasteiger partial charge in [-0.15, -0.1) is 0 Å². The third-order valence-corrected chi connectivity index (χ3v) is 4.62. The molecule has 1 heterocycles. The van der Waals surface area contributed by atoms with Crippen LogP contribution in [0.25, 0.3) is 0 Å². The van der Waals surface area contributed by atoms with E-state index in [1.807, 2.05) is 30.3 Å². The molecule has 1 saturated heterocycles. The fourth-order valence-corrected chi connectivity index (χ4v) is 3.33. The van der Waals surface area contributed by atoms with Gasteiger partial charge in [0.05, 0.1) is 0 Å². The highest BCUT2D eigenvalue weighted by atomic mass is 16.3. The highest BCUT2D eigenvalue weighted by molar-refractivity contribution is 5.74. The SMILES string of the molecule is CC(CN1CCCCC1)NC(=O)NCC(CCO)c1ccccc1. The molecule has 134 valence electrons. The number of hydrogen-bond donors (Lipinski definition) is 3. The second-order valence-corrected chi connectivity index (χ2v) is 6.74. The first-order valence-electron chi connectivity index (χ1n) is 9.11. The molecule has 0 aromatic heterocycles. The first-order chi connectivity index (χ1) is 11.7. The Morgan fingerprint density at radius 2 is 1.92 bits per heavy atom. The molecule has 3 N–H and O–H groups in total. The van der Waals surface area contributed by atoms with E-state index in [4.69, 9.17) is 0 Å². The van der Waals surface area contributed by atoms with Gasteiger partial charge in [0.1, 0.15) is 0 Å². The number of likely N-dealkylation sites (tertiary alicyclic amines) is 1. The van der Waals surface area contributed by atoms with E-state index >= 15 is 0 Å². The lowest BCUT2D eigenvalue weighted by atomic mass is 9.96. The van der Waals surface area contributed by atoms with Gasteiger partial charge in [0.2, 0.25) is 0 Å². The van der Waals surface area contributed by atoms with E-state index in [1.165, 1.54) is 19.3 Å². The highest BCUT2D eigenvalue weighted by Crippen LogP contribution is 2.18. The van der Waals surface area contributed by atoms with Crippen molar-refractivity contribution in [2.24, 2.45) is 0 Å². The van der Waals surface area contributed by atoms with Gasteiger partial charge in [-0.2, -0.15) is 0 Å². The number of aliphatic hydroxyl groups excluding tert-OH is 1. The molecule has 1 aromatic carbocycles. The molecule has 5 nitrogen and oxygen atoms in total. The topological polar surface area (TPSA) is 64.6 Å². The molecule has 0 saturated carbocycles. The van der Waals surface area contributed by atoms with Crippen molar-refractivity contribution in [3.63, 3.8) is 0 Å². The van der Waals surface area contributed by atoms with Gasteiger partial charge in [-0.25, -0.2) is 4.79 Å². The second kappa shape index (κ2) is 10.3. The van der Waals surface area contributed by atoms with Crippen molar-refractivity contribution >= 4 is 6.03 Å². The van der Waals surface area contributed by atoms with E-state index in [0.29, 0.717) is 13.0 Å². The maximum Gasteiger partial charge on any atom is 0.315 e. The van der Waals surface area contributed by atoms with Gasteiger partial charge in [0.25, 0.3) is 0 Å². The number of aliphatic hydroxyl groups is 1. The van der Waals surface area contributed by atoms with Crippen molar-refractivity contribution in [3.05, 3.63) is 35.9 Å². The number of urea groups is 1. The summed E-state index contributed by atoms with van der Waals surface area (Å²) >= 11 is 0. The van der Waals surface area contributed by atoms with Crippen LogP contribution in [0.5, 0.6) is 0 Å². The molecule has 1 aromatic rings. The third-order valence-electron chi connectivity index (χ3n) is 4.62. The van der Waals surface area contributed by atoms with Crippen LogP contribution in [-0.4, -0.2) is 54.9 Å². The predicted molar refractivity (Wildman–Crippen MR) is 97.2 cm³/mol. The molecule has 2 unspecified atom stereocenters. The number of carbonyl (C=O) groups excluding carboxylic acids is 1. The molecule has 2 amide bonds. The number of nitrogens with zero attached hydrogens (tertiary/aromatic N) is 1. The first kappa shape index (κ1) is 18.7. The number of nitrogens with one attached hydrogen (secondary N) is 2. The van der Waals surface area contributed by atoms with Gasteiger partial charge in [-0.05, 0) is 44.8 Å². The van der Waals surface area contributed by atoms with Crippen molar-refractivity contribution in [2.45, 2.75) is 44.6 Å². The fraction of sp³-hybridized carbons (Fsp3) is 0.632. The Morgan fingerprint density at radius 3 is 2.58 bits per heavy atom. The summed E-state index contributed by atoms with van der Waals surface area (Å²) in [4.78, 5) is 14.6. The minimum atomic E-state index is -0.126. The summed E-state index contributed by atoms with van der Waals surface area (Å²) in [6.07, 6.45) is 4.50. The standard InChI is InChI=1S/C19H31N3O2/c1-16(15-22-11-6-3-7-12-22)21-19(24)20-14-18(10-13-23)17-8-4-2-5-9-17/h2,4-5,8-9,16,18,23H,3,6-7,10-15H2,1H3,(H2,20,21,24). The number of carbonyl (C=O) groups is 1. The molecule has 2 atom stereocenters. The summed E-state index contributed by atoms with van der Waals surface area (Å²) in [7, 11) is 0. The molecule has 0 aliphatic carbocycles. The van der Waals surface area contributed by atoms with Gasteiger partial charge in [-0.1, -0.05) is 36.8 Å². The summed E-state index contributed by atoms with van der Waals surface area (Å²) in [6, 6.07) is 10.0. The third kappa shape index (κ3) is 6.49. The minimum absolute atomic E-state index is 0.119. The molecule has 0 radical (unpaired) electrons. The van der Waals surface area contributed by atoms with Gasteiger partial charge >= 0.3 is 6.03 Å². The Balaban J connectivity index is 1.74. The van der Waals surface area contributed by atoms with E-state index in [0.717, 1.165) is 25.2 Å². The van der Waals surface area contributed by atoms with Gasteiger partial charge in [0, 0.05) is 31.7 Å². The van der Waals surface area contributed by atoms with Crippen LogP contribution in [0.4, 0.5) is 4.79 Å². The normalized spacial score (nSPS) is 17.9. The summed E-state index contributed by atoms with van der Waals surface area (Å²) in [6.45, 7) is 5.89. The Kier molecular flexibility index (Phi) is 8.05. The van der Waals surface area contributed by atoms with Crippen molar-refractivity contribution in [1.29, 1.82) is 0 Å². The monoisotopic (exact) mass is 333 g/mol. The summed E-state index contributed by atoms with van der Waals surface area (Å²) in [5, 5.41) is 15.2. The van der Waals surface area contributed by atoms with Crippen LogP contribution in [0.15, 0.2) is 30.3 Å². The predicted octanol–water partition coefficient (Wildman–Crippen LogP) is 2.33. The average molecular weight is 333 g/mol. The van der Waals surface area contributed by atoms with Crippen molar-refractivity contribution in [2.75, 3.05) is 32.8 Å². The molecular weight excluding hydrogens is 302 g/mol. The van der Waals surface area contributed by atoms with E-state index in [9.17, 15) is 9.90 Å². The maximum atomic E-state index is 12.1. The summed E-state index contributed by atoms with van der Waals surface area (Å²) in [5.41, 5.74) is 1.15. The number of amides is 2. The van der Waals surface area contributed by atoms with Crippen LogP contribution in [0, 0.1) is 0 Å². The van der Waals surface area contributed by atoms with Gasteiger partial charge in [0.15, 0.2) is 0 Å². The van der Waals surface area contributed by atoms with Crippen molar-refractivity contribution < 1.29 is 9.90 Å². The molecule has 0 spiro atoms. The molecule has 1 aliphatic rings. The summed E-state index contributed by atoms with van der Waals surface area (Å²) in [5.74, 6) is 0.138. The van der Waals surface area contributed by atoms with E-state index in [-0.39, 0.29) is 24.6 Å². The maximum absolute atomic E-state index is 12.1. The zero-order chi connectivity index (χ0) is 17.2. The lowest BCUT2D eigenvalue weighted by Gasteiger charge is -2.29. The molecule has 5 heteroatoms. The minimum Gasteiger partial charge on any atom is -0.396 e. The zero-order valence-electron chi connectivity index (χ0n) is 14.7. The van der Waals surface area contributed by atoms with Crippen LogP contribution in [0.1, 0.15) is 44.1 Å². The lowest BCUT2D eigenvalue weighted by Crippen LogP contribution is -2.47. The second-order valence-electron chi connectivity index (χ2n) is 6.74. The molecule has 1 fully saturated rings. The zero-order valence-corrected chi connectivity index (χ0v) is 14.7. The van der Waals surface area contributed by atoms with Crippen LogP contribution in [0.2, 0.25) is 0 Å². The molecule has 2 rings (SSSR count). The van der Waals surface area contributed by atoms with E-state index in [1.54, 1.807) is 0 Å².